The average Bonchev–Trinajstić information content (AvgIpc) is 2.44. The minimum Gasteiger partial charge on any atom is -0.478 e. The highest BCUT2D eigenvalue weighted by molar-refractivity contribution is 5.85. The Morgan fingerprint density at radius 1 is 1.26 bits per heavy atom. The van der Waals surface area contributed by atoms with Gasteiger partial charge >= 0.3 is 5.97 Å². The van der Waals surface area contributed by atoms with Gasteiger partial charge < -0.3 is 9.84 Å². The molecule has 0 aliphatic rings. The summed E-state index contributed by atoms with van der Waals surface area (Å²) in [7, 11) is 0. The zero-order valence-corrected chi connectivity index (χ0v) is 10.2. The van der Waals surface area contributed by atoms with Gasteiger partial charge in [-0.2, -0.15) is 0 Å². The van der Waals surface area contributed by atoms with Crippen molar-refractivity contribution in [2.24, 2.45) is 0 Å². The number of rotatable bonds is 5. The zero-order valence-electron chi connectivity index (χ0n) is 10.2. The third kappa shape index (κ3) is 4.27. The van der Waals surface area contributed by atoms with Crippen LogP contribution in [0.15, 0.2) is 54.7 Å². The van der Waals surface area contributed by atoms with E-state index in [0.717, 1.165) is 17.2 Å². The van der Waals surface area contributed by atoms with Gasteiger partial charge in [-0.25, -0.2) is 9.78 Å². The van der Waals surface area contributed by atoms with E-state index >= 15 is 0 Å². The lowest BCUT2D eigenvalue weighted by Crippen LogP contribution is -1.97. The lowest BCUT2D eigenvalue weighted by Gasteiger charge is -2.05. The maximum absolute atomic E-state index is 10.4. The number of aliphatic carboxylic acids is 1. The van der Waals surface area contributed by atoms with Gasteiger partial charge in [0, 0.05) is 18.3 Å². The first kappa shape index (κ1) is 12.8. The second kappa shape index (κ2) is 6.35. The molecule has 2 aromatic rings. The summed E-state index contributed by atoms with van der Waals surface area (Å²) in [6.07, 6.45) is 4.16. The van der Waals surface area contributed by atoms with Crippen molar-refractivity contribution in [2.75, 3.05) is 0 Å². The van der Waals surface area contributed by atoms with Crippen LogP contribution in [0, 0.1) is 0 Å². The molecule has 4 nitrogen and oxygen atoms in total. The first-order valence-electron chi connectivity index (χ1n) is 5.78. The molecular formula is C15H13NO3. The number of hydrogen-bond donors (Lipinski definition) is 1. The van der Waals surface area contributed by atoms with E-state index in [-0.39, 0.29) is 0 Å². The number of benzene rings is 1. The molecule has 19 heavy (non-hydrogen) atoms. The lowest BCUT2D eigenvalue weighted by molar-refractivity contribution is -0.131. The Labute approximate surface area is 111 Å². The summed E-state index contributed by atoms with van der Waals surface area (Å²) < 4.78 is 5.55. The van der Waals surface area contributed by atoms with E-state index in [4.69, 9.17) is 9.84 Å². The van der Waals surface area contributed by atoms with E-state index in [1.807, 2.05) is 30.3 Å². The number of carbonyl (C=O) groups is 1. The van der Waals surface area contributed by atoms with E-state index in [0.29, 0.717) is 12.5 Å². The van der Waals surface area contributed by atoms with Gasteiger partial charge in [0.25, 0.3) is 0 Å². The number of carboxylic acids is 1. The molecule has 1 N–H and O–H groups in total. The van der Waals surface area contributed by atoms with Crippen molar-refractivity contribution in [1.82, 2.24) is 4.98 Å². The molecule has 1 aromatic carbocycles. The predicted molar refractivity (Wildman–Crippen MR) is 71.7 cm³/mol. The van der Waals surface area contributed by atoms with Crippen LogP contribution in [0.1, 0.15) is 11.1 Å². The highest BCUT2D eigenvalue weighted by Gasteiger charge is 1.98. The smallest absolute Gasteiger partial charge is 0.328 e. The Bertz CT molecular complexity index is 579. The molecule has 0 unspecified atom stereocenters. The van der Waals surface area contributed by atoms with Gasteiger partial charge in [0.05, 0.1) is 0 Å². The highest BCUT2D eigenvalue weighted by atomic mass is 16.5. The fourth-order valence-corrected chi connectivity index (χ4v) is 1.51. The van der Waals surface area contributed by atoms with E-state index in [1.165, 1.54) is 6.08 Å². The molecule has 2 rings (SSSR count). The van der Waals surface area contributed by atoms with Gasteiger partial charge in [-0.3, -0.25) is 0 Å². The van der Waals surface area contributed by atoms with Gasteiger partial charge in [0.2, 0.25) is 5.88 Å². The molecule has 1 aromatic heterocycles. The molecular weight excluding hydrogens is 242 g/mol. The Balaban J connectivity index is 2.01. The Morgan fingerprint density at radius 2 is 2.05 bits per heavy atom. The van der Waals surface area contributed by atoms with Gasteiger partial charge in [-0.15, -0.1) is 0 Å². The highest BCUT2D eigenvalue weighted by Crippen LogP contribution is 2.12. The second-order valence-corrected chi connectivity index (χ2v) is 3.87. The number of carboxylic acid groups (broad SMARTS) is 1. The van der Waals surface area contributed by atoms with Crippen LogP contribution in [-0.4, -0.2) is 16.1 Å². The molecule has 0 radical (unpaired) electrons. The number of aromatic nitrogens is 1. The molecule has 0 fully saturated rings. The summed E-state index contributed by atoms with van der Waals surface area (Å²) in [4.78, 5) is 14.5. The van der Waals surface area contributed by atoms with Gasteiger partial charge in [0.15, 0.2) is 0 Å². The van der Waals surface area contributed by atoms with Crippen LogP contribution in [0.25, 0.3) is 6.08 Å². The fraction of sp³-hybridized carbons (Fsp3) is 0.0667. The van der Waals surface area contributed by atoms with Crippen LogP contribution >= 0.6 is 0 Å². The van der Waals surface area contributed by atoms with E-state index < -0.39 is 5.97 Å². The second-order valence-electron chi connectivity index (χ2n) is 3.87. The molecule has 0 aliphatic heterocycles. The third-order valence-electron chi connectivity index (χ3n) is 2.41. The monoisotopic (exact) mass is 255 g/mol. The average molecular weight is 255 g/mol. The molecule has 0 spiro atoms. The quantitative estimate of drug-likeness (QED) is 0.834. The van der Waals surface area contributed by atoms with E-state index in [2.05, 4.69) is 4.98 Å². The number of nitrogens with zero attached hydrogens (tertiary/aromatic N) is 1. The molecule has 1 heterocycles. The van der Waals surface area contributed by atoms with Crippen LogP contribution in [0.2, 0.25) is 0 Å². The van der Waals surface area contributed by atoms with E-state index in [1.54, 1.807) is 18.3 Å². The summed E-state index contributed by atoms with van der Waals surface area (Å²) in [5.41, 5.74) is 1.79. The molecule has 0 bridgehead atoms. The lowest BCUT2D eigenvalue weighted by atomic mass is 10.2. The maximum Gasteiger partial charge on any atom is 0.328 e. The number of ether oxygens (including phenoxy) is 1. The van der Waals surface area contributed by atoms with Crippen LogP contribution < -0.4 is 4.74 Å². The van der Waals surface area contributed by atoms with Gasteiger partial charge in [-0.05, 0) is 23.3 Å². The summed E-state index contributed by atoms with van der Waals surface area (Å²) in [6.45, 7) is 0.430. The molecule has 0 amide bonds. The van der Waals surface area contributed by atoms with Gasteiger partial charge in [-0.1, -0.05) is 30.3 Å². The third-order valence-corrected chi connectivity index (χ3v) is 2.41. The number of hydrogen-bond acceptors (Lipinski definition) is 3. The number of pyridine rings is 1. The molecule has 4 heteroatoms. The normalized spacial score (nSPS) is 10.5. The minimum atomic E-state index is -0.983. The first-order chi connectivity index (χ1) is 9.24. The zero-order chi connectivity index (χ0) is 13.5. The predicted octanol–water partition coefficient (Wildman–Crippen LogP) is 2.76. The van der Waals surface area contributed by atoms with Crippen molar-refractivity contribution in [3.8, 4) is 5.88 Å². The largest absolute Gasteiger partial charge is 0.478 e. The minimum absolute atomic E-state index is 0.430. The van der Waals surface area contributed by atoms with Crippen molar-refractivity contribution in [3.05, 3.63) is 65.9 Å². The Morgan fingerprint density at radius 3 is 2.79 bits per heavy atom. The first-order valence-corrected chi connectivity index (χ1v) is 5.78. The summed E-state index contributed by atoms with van der Waals surface area (Å²) in [6, 6.07) is 13.2. The van der Waals surface area contributed by atoms with Crippen LogP contribution in [-0.2, 0) is 11.4 Å². The van der Waals surface area contributed by atoms with Crippen molar-refractivity contribution in [2.45, 2.75) is 6.61 Å². The standard InChI is InChI=1S/C15H13NO3/c17-15(18)7-6-12-8-9-16-14(10-12)19-11-13-4-2-1-3-5-13/h1-10H,11H2,(H,17,18). The summed E-state index contributed by atoms with van der Waals surface area (Å²) in [5, 5.41) is 8.56. The summed E-state index contributed by atoms with van der Waals surface area (Å²) in [5.74, 6) is -0.514. The maximum atomic E-state index is 10.4. The van der Waals surface area contributed by atoms with Crippen LogP contribution in [0.3, 0.4) is 0 Å². The van der Waals surface area contributed by atoms with Crippen molar-refractivity contribution < 1.29 is 14.6 Å². The fourth-order valence-electron chi connectivity index (χ4n) is 1.51. The Hall–Kier alpha value is -2.62. The molecule has 0 saturated carbocycles. The molecule has 0 saturated heterocycles. The molecule has 96 valence electrons. The van der Waals surface area contributed by atoms with Gasteiger partial charge in [0.1, 0.15) is 6.61 Å². The van der Waals surface area contributed by atoms with E-state index in [9.17, 15) is 4.79 Å². The van der Waals surface area contributed by atoms with Crippen LogP contribution in [0.5, 0.6) is 5.88 Å². The van der Waals surface area contributed by atoms with Crippen molar-refractivity contribution in [3.63, 3.8) is 0 Å². The van der Waals surface area contributed by atoms with Crippen LogP contribution in [0.4, 0.5) is 0 Å². The van der Waals surface area contributed by atoms with Crippen molar-refractivity contribution >= 4 is 12.0 Å². The molecule has 0 atom stereocenters. The summed E-state index contributed by atoms with van der Waals surface area (Å²) >= 11 is 0. The topological polar surface area (TPSA) is 59.4 Å². The SMILES string of the molecule is O=C(O)C=Cc1ccnc(OCc2ccccc2)c1. The Kier molecular flexibility index (Phi) is 4.29. The molecule has 0 aliphatic carbocycles. The van der Waals surface area contributed by atoms with Crippen molar-refractivity contribution in [1.29, 1.82) is 0 Å².